The summed E-state index contributed by atoms with van der Waals surface area (Å²) in [4.78, 5) is 22.5. The number of ether oxygens (including phenoxy) is 1. The van der Waals surface area contributed by atoms with Crippen LogP contribution in [0.1, 0.15) is 51.1 Å². The Bertz CT molecular complexity index is 983. The van der Waals surface area contributed by atoms with Crippen molar-refractivity contribution in [1.82, 2.24) is 19.7 Å². The fourth-order valence-electron chi connectivity index (χ4n) is 3.40. The smallest absolute Gasteiger partial charge is 0.278 e. The molecule has 0 atom stereocenters. The Balaban J connectivity index is 0.00000341. The Labute approximate surface area is 194 Å². The highest BCUT2D eigenvalue weighted by molar-refractivity contribution is 7.22. The van der Waals surface area contributed by atoms with E-state index >= 15 is 0 Å². The first-order valence-corrected chi connectivity index (χ1v) is 11.4. The van der Waals surface area contributed by atoms with E-state index in [9.17, 15) is 4.79 Å². The number of halogens is 1. The summed E-state index contributed by atoms with van der Waals surface area (Å²) in [7, 11) is 0. The molecule has 0 N–H and O–H groups in total. The minimum absolute atomic E-state index is 0. The molecule has 9 heteroatoms. The molecule has 0 radical (unpaired) electrons. The van der Waals surface area contributed by atoms with Gasteiger partial charge in [0.2, 0.25) is 0 Å². The first-order valence-electron chi connectivity index (χ1n) is 10.6. The third-order valence-electron chi connectivity index (χ3n) is 5.06. The number of rotatable bonds is 10. The van der Waals surface area contributed by atoms with Gasteiger partial charge in [-0.2, -0.15) is 5.10 Å². The van der Waals surface area contributed by atoms with Crippen molar-refractivity contribution in [3.63, 3.8) is 0 Å². The van der Waals surface area contributed by atoms with Gasteiger partial charge in [0.1, 0.15) is 17.0 Å². The number of anilines is 1. The van der Waals surface area contributed by atoms with Crippen LogP contribution in [-0.2, 0) is 0 Å². The molecular weight excluding hydrogens is 434 g/mol. The van der Waals surface area contributed by atoms with E-state index in [2.05, 4.69) is 23.8 Å². The molecule has 0 aliphatic rings. The SMILES string of the molecule is CCOc1cccc2sc(N(CCN(CC)CC)C(=O)c3ccnn3C(C)C)nc12.Cl. The van der Waals surface area contributed by atoms with Crippen molar-refractivity contribution < 1.29 is 9.53 Å². The van der Waals surface area contributed by atoms with Crippen LogP contribution in [0.15, 0.2) is 30.5 Å². The molecule has 0 unspecified atom stereocenters. The van der Waals surface area contributed by atoms with Gasteiger partial charge in [0.25, 0.3) is 5.91 Å². The van der Waals surface area contributed by atoms with E-state index in [-0.39, 0.29) is 24.4 Å². The van der Waals surface area contributed by atoms with Gasteiger partial charge in [-0.1, -0.05) is 31.3 Å². The average Bonchev–Trinajstić information content (AvgIpc) is 3.39. The number of para-hydroxylation sites is 1. The third-order valence-corrected chi connectivity index (χ3v) is 6.10. The maximum atomic E-state index is 13.6. The maximum Gasteiger partial charge on any atom is 0.278 e. The fourth-order valence-corrected chi connectivity index (χ4v) is 4.41. The number of thiazole rings is 1. The van der Waals surface area contributed by atoms with Crippen molar-refractivity contribution >= 4 is 45.0 Å². The van der Waals surface area contributed by atoms with Gasteiger partial charge in [-0.05, 0) is 52.1 Å². The molecular formula is C22H32ClN5O2S. The topological polar surface area (TPSA) is 63.5 Å². The van der Waals surface area contributed by atoms with Gasteiger partial charge in [-0.15, -0.1) is 12.4 Å². The molecule has 2 aromatic heterocycles. The van der Waals surface area contributed by atoms with E-state index in [0.29, 0.717) is 24.0 Å². The number of aromatic nitrogens is 3. The van der Waals surface area contributed by atoms with E-state index in [0.717, 1.165) is 35.6 Å². The Morgan fingerprint density at radius 1 is 1.16 bits per heavy atom. The van der Waals surface area contributed by atoms with Crippen molar-refractivity contribution in [1.29, 1.82) is 0 Å². The number of nitrogens with zero attached hydrogens (tertiary/aromatic N) is 5. The fraction of sp³-hybridized carbons (Fsp3) is 0.500. The summed E-state index contributed by atoms with van der Waals surface area (Å²) in [6, 6.07) is 7.79. The van der Waals surface area contributed by atoms with Gasteiger partial charge in [-0.25, -0.2) is 4.98 Å². The average molecular weight is 466 g/mol. The highest BCUT2D eigenvalue weighted by Gasteiger charge is 2.25. The van der Waals surface area contributed by atoms with Crippen LogP contribution in [0.2, 0.25) is 0 Å². The second kappa shape index (κ2) is 11.5. The summed E-state index contributed by atoms with van der Waals surface area (Å²) in [6.07, 6.45) is 1.68. The number of hydrogen-bond donors (Lipinski definition) is 0. The summed E-state index contributed by atoms with van der Waals surface area (Å²) >= 11 is 1.52. The van der Waals surface area contributed by atoms with Crippen LogP contribution in [-0.4, -0.2) is 58.4 Å². The normalized spacial score (nSPS) is 11.2. The molecule has 170 valence electrons. The zero-order chi connectivity index (χ0) is 21.7. The van der Waals surface area contributed by atoms with Gasteiger partial charge in [0, 0.05) is 25.3 Å². The van der Waals surface area contributed by atoms with Crippen LogP contribution in [0.3, 0.4) is 0 Å². The summed E-state index contributed by atoms with van der Waals surface area (Å²) < 4.78 is 8.52. The van der Waals surface area contributed by atoms with Crippen LogP contribution < -0.4 is 9.64 Å². The quantitative estimate of drug-likeness (QED) is 0.427. The molecule has 3 aromatic rings. The van der Waals surface area contributed by atoms with Crippen LogP contribution in [0.25, 0.3) is 10.2 Å². The van der Waals surface area contributed by atoms with Gasteiger partial charge >= 0.3 is 0 Å². The molecule has 2 heterocycles. The molecule has 1 amide bonds. The number of amides is 1. The number of carbonyl (C=O) groups is 1. The van der Waals surface area contributed by atoms with Crippen LogP contribution in [0, 0.1) is 0 Å². The number of hydrogen-bond acceptors (Lipinski definition) is 6. The van der Waals surface area contributed by atoms with E-state index < -0.39 is 0 Å². The lowest BCUT2D eigenvalue weighted by molar-refractivity contribution is 0.0971. The van der Waals surface area contributed by atoms with Crippen molar-refractivity contribution in [2.24, 2.45) is 0 Å². The minimum Gasteiger partial charge on any atom is -0.492 e. The Hall–Kier alpha value is -2.16. The molecule has 31 heavy (non-hydrogen) atoms. The summed E-state index contributed by atoms with van der Waals surface area (Å²) in [6.45, 7) is 14.1. The van der Waals surface area contributed by atoms with Crippen LogP contribution in [0.5, 0.6) is 5.75 Å². The minimum atomic E-state index is -0.0784. The molecule has 0 bridgehead atoms. The van der Waals surface area contributed by atoms with Gasteiger partial charge in [-0.3, -0.25) is 14.4 Å². The lowest BCUT2D eigenvalue weighted by Gasteiger charge is -2.25. The first kappa shape index (κ1) is 25.1. The molecule has 0 fully saturated rings. The first-order chi connectivity index (χ1) is 14.5. The highest BCUT2D eigenvalue weighted by atomic mass is 35.5. The van der Waals surface area contributed by atoms with Crippen molar-refractivity contribution in [2.75, 3.05) is 37.7 Å². The Morgan fingerprint density at radius 3 is 2.55 bits per heavy atom. The van der Waals surface area contributed by atoms with Crippen LogP contribution >= 0.6 is 23.7 Å². The molecule has 7 nitrogen and oxygen atoms in total. The lowest BCUT2D eigenvalue weighted by atomic mass is 10.3. The van der Waals surface area contributed by atoms with E-state index in [4.69, 9.17) is 9.72 Å². The second-order valence-corrected chi connectivity index (χ2v) is 8.28. The van der Waals surface area contributed by atoms with E-state index in [1.165, 1.54) is 11.3 Å². The number of benzene rings is 1. The Kier molecular flexibility index (Phi) is 9.28. The van der Waals surface area contributed by atoms with Crippen molar-refractivity contribution in [3.05, 3.63) is 36.2 Å². The highest BCUT2D eigenvalue weighted by Crippen LogP contribution is 2.34. The monoisotopic (exact) mass is 465 g/mol. The van der Waals surface area contributed by atoms with Crippen molar-refractivity contribution in [3.8, 4) is 5.75 Å². The summed E-state index contributed by atoms with van der Waals surface area (Å²) in [5.41, 5.74) is 1.38. The molecule has 1 aromatic carbocycles. The second-order valence-electron chi connectivity index (χ2n) is 7.27. The molecule has 0 saturated carbocycles. The van der Waals surface area contributed by atoms with Gasteiger partial charge in [0.05, 0.1) is 11.3 Å². The lowest BCUT2D eigenvalue weighted by Crippen LogP contribution is -2.39. The standard InChI is InChI=1S/C22H31N5O2S.ClH/c1-6-25(7-2)14-15-26(21(28)17-12-13-23-27(17)16(4)5)22-24-20-18(29-8-3)10-9-11-19(20)30-22;/h9-13,16H,6-8,14-15H2,1-5H3;1H. The van der Waals surface area contributed by atoms with Gasteiger partial charge < -0.3 is 9.64 Å². The molecule has 0 saturated heterocycles. The maximum absolute atomic E-state index is 13.6. The van der Waals surface area contributed by atoms with Crippen LogP contribution in [0.4, 0.5) is 5.13 Å². The molecule has 0 aliphatic carbocycles. The van der Waals surface area contributed by atoms with Gasteiger partial charge in [0.15, 0.2) is 5.13 Å². The predicted molar refractivity (Wildman–Crippen MR) is 130 cm³/mol. The number of likely N-dealkylation sites (N-methyl/N-ethyl adjacent to an activating group) is 1. The molecule has 3 rings (SSSR count). The largest absolute Gasteiger partial charge is 0.492 e. The predicted octanol–water partition coefficient (Wildman–Crippen LogP) is 4.88. The third kappa shape index (κ3) is 5.56. The zero-order valence-electron chi connectivity index (χ0n) is 18.9. The van der Waals surface area contributed by atoms with Crippen molar-refractivity contribution in [2.45, 2.75) is 40.7 Å². The van der Waals surface area contributed by atoms with E-state index in [1.807, 2.05) is 39.0 Å². The number of carbonyl (C=O) groups excluding carboxylic acids is 1. The Morgan fingerprint density at radius 2 is 1.90 bits per heavy atom. The zero-order valence-corrected chi connectivity index (χ0v) is 20.5. The molecule has 0 aliphatic heterocycles. The summed E-state index contributed by atoms with van der Waals surface area (Å²) in [5.74, 6) is 0.672. The summed E-state index contributed by atoms with van der Waals surface area (Å²) in [5, 5.41) is 5.03. The number of fused-ring (bicyclic) bond motifs is 1. The molecule has 0 spiro atoms. The van der Waals surface area contributed by atoms with E-state index in [1.54, 1.807) is 21.8 Å².